The zero-order valence-corrected chi connectivity index (χ0v) is 8.64. The number of rotatable bonds is 4. The van der Waals surface area contributed by atoms with Crippen molar-refractivity contribution in [3.63, 3.8) is 0 Å². The highest BCUT2D eigenvalue weighted by molar-refractivity contribution is 7.14. The highest BCUT2D eigenvalue weighted by atomic mass is 32.1. The van der Waals surface area contributed by atoms with E-state index in [0.29, 0.717) is 4.88 Å². The lowest BCUT2D eigenvalue weighted by Gasteiger charge is -1.95. The summed E-state index contributed by atoms with van der Waals surface area (Å²) in [6.07, 6.45) is -3.01. The Bertz CT molecular complexity index is 373. The van der Waals surface area contributed by atoms with Crippen LogP contribution in [-0.4, -0.2) is 25.3 Å². The van der Waals surface area contributed by atoms with Gasteiger partial charge >= 0.3 is 12.4 Å². The summed E-state index contributed by atoms with van der Waals surface area (Å²) in [6, 6.07) is 2.76. The number of esters is 1. The lowest BCUT2D eigenvalue weighted by molar-refractivity contribution is -0.139. The smallest absolute Gasteiger partial charge is 0.310 e. The number of alkyl halides is 2. The van der Waals surface area contributed by atoms with Gasteiger partial charge in [0, 0.05) is 4.88 Å². The number of Topliss-reactive ketones (excluding diaryl/α,β-unsaturated/α-hetero) is 1. The quantitative estimate of drug-likeness (QED) is 0.590. The van der Waals surface area contributed by atoms with E-state index in [1.54, 1.807) is 0 Å². The van der Waals surface area contributed by atoms with Crippen LogP contribution in [0.3, 0.4) is 0 Å². The first-order valence-electron chi connectivity index (χ1n) is 4.02. The number of halogens is 2. The maximum Gasteiger partial charge on any atom is 0.310 e. The van der Waals surface area contributed by atoms with E-state index in [1.165, 1.54) is 19.2 Å². The molecule has 1 aromatic rings. The molecule has 1 aromatic heterocycles. The molecule has 3 nitrogen and oxygen atoms in total. The molecule has 1 heterocycles. The zero-order valence-electron chi connectivity index (χ0n) is 7.83. The maximum atomic E-state index is 12.0. The molecule has 0 atom stereocenters. The summed E-state index contributed by atoms with van der Waals surface area (Å²) in [7, 11) is 1.24. The van der Waals surface area contributed by atoms with Crippen LogP contribution in [0.25, 0.3) is 0 Å². The standard InChI is InChI=1S/C9H8F2O3S/c1-14-7(12)4-5-2-3-6(15-5)8(13)9(10)11/h2-3,9H,4H2,1H3. The highest BCUT2D eigenvalue weighted by Crippen LogP contribution is 2.20. The van der Waals surface area contributed by atoms with Gasteiger partial charge in [-0.25, -0.2) is 8.78 Å². The molecule has 0 saturated carbocycles. The summed E-state index contributed by atoms with van der Waals surface area (Å²) in [5.74, 6) is -1.68. The van der Waals surface area contributed by atoms with Crippen molar-refractivity contribution in [2.75, 3.05) is 7.11 Å². The van der Waals surface area contributed by atoms with E-state index in [4.69, 9.17) is 0 Å². The molecule has 0 amide bonds. The average molecular weight is 234 g/mol. The van der Waals surface area contributed by atoms with Gasteiger partial charge in [-0.1, -0.05) is 0 Å². The molecule has 0 aromatic carbocycles. The number of thiophene rings is 1. The predicted octanol–water partition coefficient (Wildman–Crippen LogP) is 1.91. The topological polar surface area (TPSA) is 43.4 Å². The summed E-state index contributed by atoms with van der Waals surface area (Å²) in [5, 5.41) is 0. The Hall–Kier alpha value is -1.30. The van der Waals surface area contributed by atoms with E-state index < -0.39 is 18.2 Å². The van der Waals surface area contributed by atoms with Crippen molar-refractivity contribution in [3.05, 3.63) is 21.9 Å². The monoisotopic (exact) mass is 234 g/mol. The van der Waals surface area contributed by atoms with Crippen molar-refractivity contribution in [1.29, 1.82) is 0 Å². The number of ketones is 1. The summed E-state index contributed by atoms with van der Waals surface area (Å²) < 4.78 is 28.4. The molecule has 0 aliphatic heterocycles. The second-order valence-electron chi connectivity index (χ2n) is 2.68. The van der Waals surface area contributed by atoms with E-state index in [0.717, 1.165) is 11.3 Å². The first-order valence-corrected chi connectivity index (χ1v) is 4.84. The minimum atomic E-state index is -3.00. The van der Waals surface area contributed by atoms with Crippen LogP contribution in [0.2, 0.25) is 0 Å². The molecule has 82 valence electrons. The number of methoxy groups -OCH3 is 1. The Kier molecular flexibility index (Phi) is 3.90. The van der Waals surface area contributed by atoms with Crippen molar-refractivity contribution in [2.24, 2.45) is 0 Å². The van der Waals surface area contributed by atoms with Gasteiger partial charge in [-0.2, -0.15) is 0 Å². The maximum absolute atomic E-state index is 12.0. The Labute approximate surface area is 88.7 Å². The molecule has 0 aliphatic rings. The van der Waals surface area contributed by atoms with Crippen LogP contribution < -0.4 is 0 Å². The Morgan fingerprint density at radius 1 is 1.47 bits per heavy atom. The average Bonchev–Trinajstić information content (AvgIpc) is 2.64. The van der Waals surface area contributed by atoms with E-state index in [2.05, 4.69) is 4.74 Å². The molecule has 0 radical (unpaired) electrons. The SMILES string of the molecule is COC(=O)Cc1ccc(C(=O)C(F)F)s1. The van der Waals surface area contributed by atoms with Crippen molar-refractivity contribution < 1.29 is 23.1 Å². The van der Waals surface area contributed by atoms with Crippen LogP contribution in [0.5, 0.6) is 0 Å². The van der Waals surface area contributed by atoms with Gasteiger partial charge in [0.05, 0.1) is 18.4 Å². The molecular formula is C9H8F2O3S. The van der Waals surface area contributed by atoms with Crippen LogP contribution >= 0.6 is 11.3 Å². The van der Waals surface area contributed by atoms with E-state index >= 15 is 0 Å². The first-order chi connectivity index (χ1) is 7.04. The van der Waals surface area contributed by atoms with Gasteiger partial charge in [0.1, 0.15) is 0 Å². The summed E-state index contributed by atoms with van der Waals surface area (Å²) in [6.45, 7) is 0. The van der Waals surface area contributed by atoms with Crippen LogP contribution in [-0.2, 0) is 16.0 Å². The van der Waals surface area contributed by atoms with Gasteiger partial charge in [-0.05, 0) is 12.1 Å². The van der Waals surface area contributed by atoms with Crippen LogP contribution in [0.1, 0.15) is 14.5 Å². The van der Waals surface area contributed by atoms with Gasteiger partial charge in [-0.3, -0.25) is 9.59 Å². The normalized spacial score (nSPS) is 10.4. The summed E-state index contributed by atoms with van der Waals surface area (Å²) in [5.41, 5.74) is 0. The molecule has 0 saturated heterocycles. The molecule has 0 aliphatic carbocycles. The van der Waals surface area contributed by atoms with E-state index in [1.807, 2.05) is 0 Å². The Morgan fingerprint density at radius 3 is 2.67 bits per heavy atom. The molecule has 1 rings (SSSR count). The molecule has 0 N–H and O–H groups in total. The number of hydrogen-bond acceptors (Lipinski definition) is 4. The van der Waals surface area contributed by atoms with Crippen LogP contribution in [0.15, 0.2) is 12.1 Å². The van der Waals surface area contributed by atoms with Crippen LogP contribution in [0, 0.1) is 0 Å². The Balaban J connectivity index is 2.72. The second-order valence-corrected chi connectivity index (χ2v) is 3.85. The number of ether oxygens (including phenoxy) is 1. The molecule has 0 fully saturated rings. The second kappa shape index (κ2) is 4.97. The van der Waals surface area contributed by atoms with Crippen molar-refractivity contribution in [3.8, 4) is 0 Å². The van der Waals surface area contributed by atoms with Crippen LogP contribution in [0.4, 0.5) is 8.78 Å². The van der Waals surface area contributed by atoms with Gasteiger partial charge in [0.2, 0.25) is 5.78 Å². The third-order valence-corrected chi connectivity index (χ3v) is 2.75. The molecule has 0 bridgehead atoms. The fraction of sp³-hybridized carbons (Fsp3) is 0.333. The molecular weight excluding hydrogens is 226 g/mol. The third kappa shape index (κ3) is 3.09. The van der Waals surface area contributed by atoms with Gasteiger partial charge < -0.3 is 4.74 Å². The van der Waals surface area contributed by atoms with Crippen molar-refractivity contribution in [1.82, 2.24) is 0 Å². The Morgan fingerprint density at radius 2 is 2.13 bits per heavy atom. The lowest BCUT2D eigenvalue weighted by Crippen LogP contribution is -2.07. The highest BCUT2D eigenvalue weighted by Gasteiger charge is 2.20. The molecule has 6 heteroatoms. The minimum absolute atomic E-state index is 0.00230. The van der Waals surface area contributed by atoms with E-state index in [-0.39, 0.29) is 11.3 Å². The first kappa shape index (κ1) is 11.8. The minimum Gasteiger partial charge on any atom is -0.469 e. The zero-order chi connectivity index (χ0) is 11.4. The van der Waals surface area contributed by atoms with Gasteiger partial charge in [-0.15, -0.1) is 11.3 Å². The molecule has 0 unspecified atom stereocenters. The largest absolute Gasteiger partial charge is 0.469 e. The summed E-state index contributed by atoms with van der Waals surface area (Å²) in [4.78, 5) is 22.2. The fourth-order valence-electron chi connectivity index (χ4n) is 0.927. The molecule has 15 heavy (non-hydrogen) atoms. The van der Waals surface area contributed by atoms with Gasteiger partial charge in [0.25, 0.3) is 0 Å². The lowest BCUT2D eigenvalue weighted by atomic mass is 10.3. The summed E-state index contributed by atoms with van der Waals surface area (Å²) >= 11 is 0.883. The van der Waals surface area contributed by atoms with Crippen molar-refractivity contribution >= 4 is 23.1 Å². The number of carbonyl (C=O) groups is 2. The van der Waals surface area contributed by atoms with Crippen molar-refractivity contribution in [2.45, 2.75) is 12.8 Å². The predicted molar refractivity (Wildman–Crippen MR) is 50.4 cm³/mol. The van der Waals surface area contributed by atoms with E-state index in [9.17, 15) is 18.4 Å². The van der Waals surface area contributed by atoms with Gasteiger partial charge in [0.15, 0.2) is 0 Å². The number of hydrogen-bond donors (Lipinski definition) is 0. The number of carbonyl (C=O) groups excluding carboxylic acids is 2. The fourth-order valence-corrected chi connectivity index (χ4v) is 1.86. The third-order valence-electron chi connectivity index (χ3n) is 1.65. The molecule has 0 spiro atoms.